The van der Waals surface area contributed by atoms with Gasteiger partial charge in [0.2, 0.25) is 0 Å². The molecule has 0 saturated carbocycles. The fourth-order valence-corrected chi connectivity index (χ4v) is 29.3. The maximum Gasteiger partial charge on any atom is -0.147 e. The Morgan fingerprint density at radius 2 is 0.891 bits per heavy atom. The van der Waals surface area contributed by atoms with E-state index < -0.39 is 64.4 Å². The minimum absolute atomic E-state index is 0. The first kappa shape index (κ1) is 44.9. The predicted molar refractivity (Wildman–Crippen MR) is 196 cm³/mol. The zero-order valence-electron chi connectivity index (χ0n) is 29.5. The van der Waals surface area contributed by atoms with E-state index in [0.717, 1.165) is 34.4 Å². The van der Waals surface area contributed by atoms with Crippen molar-refractivity contribution in [1.29, 1.82) is 0 Å². The molecule has 0 aliphatic heterocycles. The topological polar surface area (TPSA) is 0 Å². The molecule has 0 bridgehead atoms. The Kier molecular flexibility index (Phi) is 11.9. The van der Waals surface area contributed by atoms with Crippen molar-refractivity contribution in [3.8, 4) is 22.3 Å². The van der Waals surface area contributed by atoms with E-state index in [1.807, 2.05) is 38.9 Å². The molecule has 0 aromatic heterocycles. The quantitative estimate of drug-likeness (QED) is 0.138. The summed E-state index contributed by atoms with van der Waals surface area (Å²) in [6.45, 7) is 5.66. The van der Waals surface area contributed by atoms with Crippen LogP contribution in [0.4, 0.5) is 52.7 Å². The van der Waals surface area contributed by atoms with Crippen molar-refractivity contribution in [2.24, 2.45) is 0 Å². The van der Waals surface area contributed by atoms with Gasteiger partial charge in [-0.05, 0) is 0 Å². The SMILES string of the molecule is CCC1=Cc2c(-c3cc(C(F)(F)F)cc(C(F)(F)F)c3)cccc2[CH]1[Zr]([CH3])([CH3])(=[SiH2])[CH]1C(C)=Cc2c(-c3cc(C(F)(F)F)cc(C(F)(F)F)c3)cccc21.Cl.Cl. The number of fused-ring (bicyclic) bond motifs is 2. The Hall–Kier alpha value is -2.80. The molecular weight excluding hydrogens is 887 g/mol. The second kappa shape index (κ2) is 14.5. The number of hydrogen-bond donors (Lipinski definition) is 0. The van der Waals surface area contributed by atoms with Gasteiger partial charge in [-0.3, -0.25) is 0 Å². The largest absolute Gasteiger partial charge is 0.147 e. The van der Waals surface area contributed by atoms with Gasteiger partial charge in [-0.15, -0.1) is 24.8 Å². The van der Waals surface area contributed by atoms with Gasteiger partial charge in [0.15, 0.2) is 0 Å². The molecule has 6 rings (SSSR count). The summed E-state index contributed by atoms with van der Waals surface area (Å²) >= 11 is -4.46. The van der Waals surface area contributed by atoms with E-state index in [4.69, 9.17) is 0 Å². The molecule has 296 valence electrons. The fraction of sp³-hybridized carbons (Fsp3) is 0.282. The van der Waals surface area contributed by atoms with Crippen molar-refractivity contribution in [3.05, 3.63) is 128 Å². The molecule has 2 unspecified atom stereocenters. The van der Waals surface area contributed by atoms with Crippen LogP contribution in [0.5, 0.6) is 0 Å². The predicted octanol–water partition coefficient (Wildman–Crippen LogP) is 14.3. The first-order chi connectivity index (χ1) is 24.2. The number of alkyl halides is 12. The van der Waals surface area contributed by atoms with Crippen LogP contribution in [-0.2, 0) is 42.1 Å². The van der Waals surface area contributed by atoms with Gasteiger partial charge in [0.25, 0.3) is 0 Å². The molecule has 0 saturated heterocycles. The van der Waals surface area contributed by atoms with Crippen molar-refractivity contribution in [1.82, 2.24) is 0 Å². The number of rotatable bonds is 5. The molecule has 0 nitrogen and oxygen atoms in total. The molecular formula is C39H34Cl2F12SiZr. The molecule has 2 atom stereocenters. The summed E-state index contributed by atoms with van der Waals surface area (Å²) in [4.78, 5) is 0. The maximum atomic E-state index is 13.8. The molecule has 0 spiro atoms. The van der Waals surface area contributed by atoms with E-state index in [1.165, 1.54) is 12.1 Å². The van der Waals surface area contributed by atoms with Gasteiger partial charge in [-0.2, -0.15) is 0 Å². The van der Waals surface area contributed by atoms with Crippen molar-refractivity contribution in [2.75, 3.05) is 0 Å². The number of hydrogen-bond acceptors (Lipinski definition) is 0. The van der Waals surface area contributed by atoms with Crippen LogP contribution in [-0.4, -0.2) is 6.88 Å². The van der Waals surface area contributed by atoms with E-state index in [-0.39, 0.29) is 66.5 Å². The van der Waals surface area contributed by atoms with Crippen LogP contribution < -0.4 is 0 Å². The van der Waals surface area contributed by atoms with Crippen LogP contribution in [0.1, 0.15) is 72.0 Å². The summed E-state index contributed by atoms with van der Waals surface area (Å²) in [6, 6.07) is 12.9. The summed E-state index contributed by atoms with van der Waals surface area (Å²) in [5, 5.41) is 0. The summed E-state index contributed by atoms with van der Waals surface area (Å²) in [7, 11) is 0. The molecule has 0 radical (unpaired) electrons. The van der Waals surface area contributed by atoms with E-state index in [0.29, 0.717) is 29.7 Å². The number of benzene rings is 4. The molecule has 0 amide bonds. The van der Waals surface area contributed by atoms with Crippen LogP contribution in [0.2, 0.25) is 9.26 Å². The summed E-state index contributed by atoms with van der Waals surface area (Å²) in [5.74, 6) is 0. The van der Waals surface area contributed by atoms with Gasteiger partial charge < -0.3 is 0 Å². The first-order valence-corrected chi connectivity index (χ1v) is 30.2. The smallest absolute Gasteiger partial charge is 0.147 e. The van der Waals surface area contributed by atoms with Gasteiger partial charge in [0.05, 0.1) is 0 Å². The van der Waals surface area contributed by atoms with E-state index >= 15 is 0 Å². The third-order valence-corrected chi connectivity index (χ3v) is 28.2. The molecule has 55 heavy (non-hydrogen) atoms. The Balaban J connectivity index is 0.00000336. The zero-order valence-corrected chi connectivity index (χ0v) is 35.0. The van der Waals surface area contributed by atoms with Crippen LogP contribution in [0.3, 0.4) is 0 Å². The van der Waals surface area contributed by atoms with Crippen LogP contribution in [0.25, 0.3) is 34.4 Å². The van der Waals surface area contributed by atoms with Crippen molar-refractivity contribution >= 4 is 43.8 Å². The van der Waals surface area contributed by atoms with Crippen molar-refractivity contribution in [3.63, 3.8) is 0 Å². The van der Waals surface area contributed by atoms with Crippen LogP contribution in [0.15, 0.2) is 83.9 Å². The molecule has 0 fully saturated rings. The van der Waals surface area contributed by atoms with Gasteiger partial charge in [0.1, 0.15) is 0 Å². The Morgan fingerprint density at radius 1 is 0.545 bits per heavy atom. The van der Waals surface area contributed by atoms with Crippen LogP contribution in [0, 0.1) is 0 Å². The van der Waals surface area contributed by atoms with Gasteiger partial charge in [-0.1, -0.05) is 0 Å². The van der Waals surface area contributed by atoms with E-state index in [1.54, 1.807) is 18.2 Å². The first-order valence-electron chi connectivity index (χ1n) is 16.5. The number of halogens is 14. The minimum Gasteiger partial charge on any atom is -0.147 e. The molecule has 2 aliphatic rings. The molecule has 2 aliphatic carbocycles. The normalized spacial score (nSPS) is 17.5. The molecule has 4 aromatic rings. The second-order valence-electron chi connectivity index (χ2n) is 15.0. The molecule has 0 heterocycles. The molecule has 16 heteroatoms. The van der Waals surface area contributed by atoms with Crippen molar-refractivity contribution < 1.29 is 70.1 Å². The summed E-state index contributed by atoms with van der Waals surface area (Å²) < 4.78 is 170. The van der Waals surface area contributed by atoms with Crippen molar-refractivity contribution in [2.45, 2.75) is 61.5 Å². The monoisotopic (exact) mass is 918 g/mol. The fourth-order valence-electron chi connectivity index (χ4n) is 8.59. The van der Waals surface area contributed by atoms with Gasteiger partial charge in [-0.25, -0.2) is 0 Å². The third-order valence-electron chi connectivity index (χ3n) is 10.5. The van der Waals surface area contributed by atoms with Crippen LogP contribution >= 0.6 is 24.8 Å². The average molecular weight is 921 g/mol. The van der Waals surface area contributed by atoms with E-state index in [9.17, 15) is 52.7 Å². The Labute approximate surface area is 324 Å². The minimum atomic E-state index is -5.03. The zero-order chi connectivity index (χ0) is 39.3. The molecule has 0 N–H and O–H groups in total. The average Bonchev–Trinajstić information content (AvgIpc) is 3.61. The molecule has 4 aromatic carbocycles. The Morgan fingerprint density at radius 3 is 1.24 bits per heavy atom. The second-order valence-corrected chi connectivity index (χ2v) is 45.4. The van der Waals surface area contributed by atoms with Gasteiger partial charge in [0, 0.05) is 0 Å². The van der Waals surface area contributed by atoms with Gasteiger partial charge >= 0.3 is 301 Å². The third kappa shape index (κ3) is 8.17. The summed E-state index contributed by atoms with van der Waals surface area (Å²) in [5.41, 5.74) is -1.38. The van der Waals surface area contributed by atoms with E-state index in [2.05, 4.69) is 9.26 Å². The maximum absolute atomic E-state index is 13.8. The summed E-state index contributed by atoms with van der Waals surface area (Å²) in [6.07, 6.45) is -16.0. The standard InChI is InChI=1S/C19H13F6.C18H11F6.2CH3.2ClH.H2Si.Zr/c1-2-11-6-12-4-3-5-16(17(12)7-11)13-8-14(18(20,21)22)10-15(9-13)19(23,24)25;1-10-5-11-3-2-4-15(16(11)6-10)12-7-13(17(19,20)21)9-14(8-12)18(22,23)24;;;;;;/h3-10H,2H2,1H3;2-9H,1H3;2*1H3;2*1H;1H2;. The number of allylic oxidation sites excluding steroid dienone is 2. The Bertz CT molecular complexity index is 2230.